The van der Waals surface area contributed by atoms with Gasteiger partial charge in [-0.3, -0.25) is 0 Å². The summed E-state index contributed by atoms with van der Waals surface area (Å²) in [6.07, 6.45) is 0.964. The lowest BCUT2D eigenvalue weighted by Crippen LogP contribution is -2.29. The summed E-state index contributed by atoms with van der Waals surface area (Å²) in [5.41, 5.74) is 2.50. The molecule has 1 atom stereocenters. The van der Waals surface area contributed by atoms with Gasteiger partial charge in [0.2, 0.25) is 0 Å². The second kappa shape index (κ2) is 7.20. The second-order valence-electron chi connectivity index (χ2n) is 5.50. The zero-order valence-corrected chi connectivity index (χ0v) is 12.1. The molecule has 2 heteroatoms. The summed E-state index contributed by atoms with van der Waals surface area (Å²) >= 11 is 0. The Morgan fingerprint density at radius 1 is 0.950 bits per heavy atom. The van der Waals surface area contributed by atoms with Crippen LogP contribution in [-0.2, 0) is 6.42 Å². The van der Waals surface area contributed by atoms with Gasteiger partial charge in [-0.25, -0.2) is 4.39 Å². The first-order valence-corrected chi connectivity index (χ1v) is 7.18. The molecule has 0 radical (unpaired) electrons. The van der Waals surface area contributed by atoms with Gasteiger partial charge >= 0.3 is 0 Å². The van der Waals surface area contributed by atoms with Gasteiger partial charge in [-0.15, -0.1) is 0 Å². The molecule has 2 aromatic carbocycles. The van der Waals surface area contributed by atoms with E-state index in [9.17, 15) is 4.39 Å². The maximum absolute atomic E-state index is 13.1. The highest BCUT2D eigenvalue weighted by Gasteiger charge is 2.13. The molecule has 0 aliphatic heterocycles. The van der Waals surface area contributed by atoms with Crippen LogP contribution in [0.3, 0.4) is 0 Å². The van der Waals surface area contributed by atoms with Gasteiger partial charge in [-0.1, -0.05) is 56.3 Å². The second-order valence-corrected chi connectivity index (χ2v) is 5.50. The molecule has 0 bridgehead atoms. The van der Waals surface area contributed by atoms with E-state index in [4.69, 9.17) is 0 Å². The van der Waals surface area contributed by atoms with Crippen LogP contribution in [0.15, 0.2) is 54.6 Å². The maximum atomic E-state index is 13.1. The van der Waals surface area contributed by atoms with Gasteiger partial charge in [0.1, 0.15) is 5.82 Å². The highest BCUT2D eigenvalue weighted by Crippen LogP contribution is 2.21. The summed E-state index contributed by atoms with van der Waals surface area (Å²) in [4.78, 5) is 0. The van der Waals surface area contributed by atoms with Gasteiger partial charge in [-0.2, -0.15) is 0 Å². The first-order valence-electron chi connectivity index (χ1n) is 7.18. The normalized spacial score (nSPS) is 12.6. The molecule has 2 rings (SSSR count). The Labute approximate surface area is 120 Å². The molecule has 0 saturated carbocycles. The van der Waals surface area contributed by atoms with Crippen molar-refractivity contribution in [3.8, 4) is 0 Å². The van der Waals surface area contributed by atoms with Gasteiger partial charge in [0, 0.05) is 18.5 Å². The number of hydrogen-bond donors (Lipinski definition) is 1. The van der Waals surface area contributed by atoms with Crippen LogP contribution < -0.4 is 5.32 Å². The molecule has 20 heavy (non-hydrogen) atoms. The van der Waals surface area contributed by atoms with E-state index in [0.29, 0.717) is 12.0 Å². The van der Waals surface area contributed by atoms with E-state index in [-0.39, 0.29) is 5.82 Å². The smallest absolute Gasteiger partial charge is 0.123 e. The summed E-state index contributed by atoms with van der Waals surface area (Å²) in [7, 11) is 0. The van der Waals surface area contributed by atoms with Gasteiger partial charge in [0.15, 0.2) is 0 Å². The molecule has 2 aromatic rings. The lowest BCUT2D eigenvalue weighted by molar-refractivity contribution is 0.526. The Balaban J connectivity index is 2.13. The van der Waals surface area contributed by atoms with E-state index in [1.165, 1.54) is 11.1 Å². The van der Waals surface area contributed by atoms with Gasteiger partial charge in [-0.05, 0) is 29.7 Å². The largest absolute Gasteiger partial charge is 0.314 e. The number of rotatable bonds is 6. The minimum absolute atomic E-state index is 0.177. The molecule has 0 heterocycles. The Kier molecular flexibility index (Phi) is 5.31. The molecule has 1 unspecified atom stereocenters. The molecule has 1 nitrogen and oxygen atoms in total. The van der Waals surface area contributed by atoms with Crippen LogP contribution in [-0.4, -0.2) is 12.6 Å². The van der Waals surface area contributed by atoms with E-state index < -0.39 is 0 Å². The van der Waals surface area contributed by atoms with Gasteiger partial charge in [0.05, 0.1) is 0 Å². The molecule has 0 aliphatic carbocycles. The van der Waals surface area contributed by atoms with Crippen LogP contribution >= 0.6 is 0 Å². The van der Waals surface area contributed by atoms with E-state index in [1.54, 1.807) is 12.1 Å². The predicted octanol–water partition coefficient (Wildman–Crippen LogP) is 4.15. The highest BCUT2D eigenvalue weighted by atomic mass is 19.1. The fraction of sp³-hybridized carbons (Fsp3) is 0.333. The SMILES string of the molecule is CC(C)NCC(Cc1ccccc1)c1ccc(F)cc1. The summed E-state index contributed by atoms with van der Waals surface area (Å²) in [6.45, 7) is 5.19. The van der Waals surface area contributed by atoms with Gasteiger partial charge < -0.3 is 5.32 Å². The van der Waals surface area contributed by atoms with Crippen molar-refractivity contribution in [2.45, 2.75) is 32.2 Å². The molecule has 1 N–H and O–H groups in total. The fourth-order valence-electron chi connectivity index (χ4n) is 2.32. The first-order chi connectivity index (χ1) is 9.65. The van der Waals surface area contributed by atoms with E-state index >= 15 is 0 Å². The average molecular weight is 271 g/mol. The molecule has 0 saturated heterocycles. The van der Waals surface area contributed by atoms with E-state index in [0.717, 1.165) is 13.0 Å². The predicted molar refractivity (Wildman–Crippen MR) is 82.4 cm³/mol. The number of hydrogen-bond acceptors (Lipinski definition) is 1. The van der Waals surface area contributed by atoms with Crippen molar-refractivity contribution in [3.63, 3.8) is 0 Å². The molecular weight excluding hydrogens is 249 g/mol. The topological polar surface area (TPSA) is 12.0 Å². The molecule has 0 aromatic heterocycles. The maximum Gasteiger partial charge on any atom is 0.123 e. The third kappa shape index (κ3) is 4.46. The zero-order valence-electron chi connectivity index (χ0n) is 12.1. The Hall–Kier alpha value is -1.67. The van der Waals surface area contributed by atoms with Crippen LogP contribution in [0.25, 0.3) is 0 Å². The number of halogens is 1. The third-order valence-electron chi connectivity index (χ3n) is 3.44. The average Bonchev–Trinajstić information content (AvgIpc) is 2.45. The van der Waals surface area contributed by atoms with Crippen LogP contribution in [0, 0.1) is 5.82 Å². The summed E-state index contributed by atoms with van der Waals surface area (Å²) < 4.78 is 13.1. The fourth-order valence-corrected chi connectivity index (χ4v) is 2.32. The van der Waals surface area contributed by atoms with Crippen molar-refractivity contribution >= 4 is 0 Å². The van der Waals surface area contributed by atoms with Crippen LogP contribution in [0.5, 0.6) is 0 Å². The van der Waals surface area contributed by atoms with Crippen molar-refractivity contribution in [2.24, 2.45) is 0 Å². The molecular formula is C18H22FN. The third-order valence-corrected chi connectivity index (χ3v) is 3.44. The van der Waals surface area contributed by atoms with Crippen molar-refractivity contribution in [1.29, 1.82) is 0 Å². The Bertz CT molecular complexity index is 505. The Morgan fingerprint density at radius 3 is 2.20 bits per heavy atom. The van der Waals surface area contributed by atoms with Crippen molar-refractivity contribution in [2.75, 3.05) is 6.54 Å². The van der Waals surface area contributed by atoms with Crippen LogP contribution in [0.4, 0.5) is 4.39 Å². The lowest BCUT2D eigenvalue weighted by atomic mass is 9.91. The van der Waals surface area contributed by atoms with Crippen molar-refractivity contribution in [1.82, 2.24) is 5.32 Å². The standard InChI is InChI=1S/C18H22FN/c1-14(2)20-13-17(12-15-6-4-3-5-7-15)16-8-10-18(19)11-9-16/h3-11,14,17,20H,12-13H2,1-2H3. The minimum atomic E-state index is -0.177. The molecule has 106 valence electrons. The molecule has 0 spiro atoms. The number of benzene rings is 2. The monoisotopic (exact) mass is 271 g/mol. The van der Waals surface area contributed by atoms with Crippen LogP contribution in [0.1, 0.15) is 30.9 Å². The van der Waals surface area contributed by atoms with Crippen molar-refractivity contribution < 1.29 is 4.39 Å². The van der Waals surface area contributed by atoms with E-state index in [1.807, 2.05) is 18.2 Å². The lowest BCUT2D eigenvalue weighted by Gasteiger charge is -2.20. The Morgan fingerprint density at radius 2 is 1.60 bits per heavy atom. The van der Waals surface area contributed by atoms with Crippen LogP contribution in [0.2, 0.25) is 0 Å². The minimum Gasteiger partial charge on any atom is -0.314 e. The van der Waals surface area contributed by atoms with E-state index in [2.05, 4.69) is 43.4 Å². The number of nitrogens with one attached hydrogen (secondary N) is 1. The molecule has 0 fully saturated rings. The van der Waals surface area contributed by atoms with Gasteiger partial charge in [0.25, 0.3) is 0 Å². The zero-order chi connectivity index (χ0) is 14.4. The van der Waals surface area contributed by atoms with Crippen molar-refractivity contribution in [3.05, 3.63) is 71.5 Å². The molecule has 0 aliphatic rings. The summed E-state index contributed by atoms with van der Waals surface area (Å²) in [5, 5.41) is 3.49. The highest BCUT2D eigenvalue weighted by molar-refractivity contribution is 5.25. The first kappa shape index (κ1) is 14.7. The summed E-state index contributed by atoms with van der Waals surface area (Å²) in [6, 6.07) is 17.8. The quantitative estimate of drug-likeness (QED) is 0.832. The summed E-state index contributed by atoms with van der Waals surface area (Å²) in [5.74, 6) is 0.185. The molecule has 0 amide bonds.